The number of methoxy groups -OCH3 is 1. The molecular formula is C10H21NO2. The normalized spacial score (nSPS) is 25.8. The summed E-state index contributed by atoms with van der Waals surface area (Å²) in [5, 5.41) is 3.50. The van der Waals surface area contributed by atoms with E-state index in [9.17, 15) is 0 Å². The summed E-state index contributed by atoms with van der Waals surface area (Å²) < 4.78 is 10.5. The van der Waals surface area contributed by atoms with Gasteiger partial charge >= 0.3 is 0 Å². The number of rotatable bonds is 5. The van der Waals surface area contributed by atoms with Gasteiger partial charge in [0.05, 0.1) is 6.61 Å². The molecule has 2 unspecified atom stereocenters. The maximum atomic E-state index is 5.38. The van der Waals surface area contributed by atoms with Crippen molar-refractivity contribution in [1.29, 1.82) is 0 Å². The van der Waals surface area contributed by atoms with Crippen LogP contribution in [0.25, 0.3) is 0 Å². The highest BCUT2D eigenvalue weighted by molar-refractivity contribution is 4.70. The molecule has 1 N–H and O–H groups in total. The lowest BCUT2D eigenvalue weighted by Crippen LogP contribution is -2.39. The van der Waals surface area contributed by atoms with Crippen molar-refractivity contribution in [2.75, 3.05) is 33.5 Å². The molecule has 0 aromatic rings. The topological polar surface area (TPSA) is 30.5 Å². The molecule has 0 aliphatic carbocycles. The molecule has 1 fully saturated rings. The Hall–Kier alpha value is -0.120. The molecule has 1 aliphatic rings. The summed E-state index contributed by atoms with van der Waals surface area (Å²) in [4.78, 5) is 0. The standard InChI is InChI=1S/C10H21NO2/c1-9(7-12-2)6-11-10-4-3-5-13-8-10/h9-11H,3-8H2,1-2H3. The predicted molar refractivity (Wildman–Crippen MR) is 52.9 cm³/mol. The highest BCUT2D eigenvalue weighted by atomic mass is 16.5. The van der Waals surface area contributed by atoms with Gasteiger partial charge in [0.15, 0.2) is 0 Å². The van der Waals surface area contributed by atoms with E-state index in [1.807, 2.05) is 0 Å². The highest BCUT2D eigenvalue weighted by Gasteiger charge is 2.13. The van der Waals surface area contributed by atoms with Gasteiger partial charge in [0.25, 0.3) is 0 Å². The van der Waals surface area contributed by atoms with Crippen molar-refractivity contribution < 1.29 is 9.47 Å². The fourth-order valence-corrected chi connectivity index (χ4v) is 1.61. The van der Waals surface area contributed by atoms with Crippen molar-refractivity contribution in [3.05, 3.63) is 0 Å². The zero-order chi connectivity index (χ0) is 9.52. The van der Waals surface area contributed by atoms with E-state index in [0.29, 0.717) is 12.0 Å². The van der Waals surface area contributed by atoms with Gasteiger partial charge in [-0.05, 0) is 18.8 Å². The summed E-state index contributed by atoms with van der Waals surface area (Å²) in [5.41, 5.74) is 0. The van der Waals surface area contributed by atoms with Crippen LogP contribution in [0.3, 0.4) is 0 Å². The zero-order valence-corrected chi connectivity index (χ0v) is 8.71. The van der Waals surface area contributed by atoms with Gasteiger partial charge in [-0.2, -0.15) is 0 Å². The van der Waals surface area contributed by atoms with Gasteiger partial charge in [0.1, 0.15) is 0 Å². The van der Waals surface area contributed by atoms with Crippen LogP contribution in [0.5, 0.6) is 0 Å². The maximum Gasteiger partial charge on any atom is 0.0619 e. The van der Waals surface area contributed by atoms with Crippen molar-refractivity contribution in [3.8, 4) is 0 Å². The van der Waals surface area contributed by atoms with Crippen molar-refractivity contribution in [1.82, 2.24) is 5.32 Å². The largest absolute Gasteiger partial charge is 0.384 e. The first-order valence-electron chi connectivity index (χ1n) is 5.13. The number of ether oxygens (including phenoxy) is 2. The average molecular weight is 187 g/mol. The molecule has 0 amide bonds. The summed E-state index contributed by atoms with van der Waals surface area (Å²) in [5.74, 6) is 0.590. The van der Waals surface area contributed by atoms with Crippen LogP contribution in [-0.4, -0.2) is 39.5 Å². The maximum absolute atomic E-state index is 5.38. The van der Waals surface area contributed by atoms with E-state index < -0.39 is 0 Å². The minimum Gasteiger partial charge on any atom is -0.384 e. The lowest BCUT2D eigenvalue weighted by atomic mass is 10.1. The molecule has 0 spiro atoms. The van der Waals surface area contributed by atoms with Crippen LogP contribution in [0.15, 0.2) is 0 Å². The molecule has 3 heteroatoms. The van der Waals surface area contributed by atoms with E-state index in [1.165, 1.54) is 12.8 Å². The fraction of sp³-hybridized carbons (Fsp3) is 1.00. The Kier molecular flexibility index (Phi) is 5.35. The van der Waals surface area contributed by atoms with Gasteiger partial charge in [0.2, 0.25) is 0 Å². The van der Waals surface area contributed by atoms with Crippen molar-refractivity contribution >= 4 is 0 Å². The Balaban J connectivity index is 2.03. The van der Waals surface area contributed by atoms with E-state index in [4.69, 9.17) is 9.47 Å². The van der Waals surface area contributed by atoms with Crippen LogP contribution in [0.1, 0.15) is 19.8 Å². The molecular weight excluding hydrogens is 166 g/mol. The molecule has 1 heterocycles. The van der Waals surface area contributed by atoms with Crippen LogP contribution < -0.4 is 5.32 Å². The molecule has 13 heavy (non-hydrogen) atoms. The molecule has 0 radical (unpaired) electrons. The van der Waals surface area contributed by atoms with Crippen molar-refractivity contribution in [3.63, 3.8) is 0 Å². The molecule has 2 atom stereocenters. The second-order valence-corrected chi connectivity index (χ2v) is 3.88. The smallest absolute Gasteiger partial charge is 0.0619 e. The molecule has 1 saturated heterocycles. The van der Waals surface area contributed by atoms with Gasteiger partial charge in [-0.3, -0.25) is 0 Å². The number of hydrogen-bond acceptors (Lipinski definition) is 3. The lowest BCUT2D eigenvalue weighted by molar-refractivity contribution is 0.0669. The average Bonchev–Trinajstić information content (AvgIpc) is 2.17. The third-order valence-electron chi connectivity index (χ3n) is 2.37. The first kappa shape index (κ1) is 11.0. The minimum absolute atomic E-state index is 0.563. The summed E-state index contributed by atoms with van der Waals surface area (Å²) in [7, 11) is 1.75. The van der Waals surface area contributed by atoms with Crippen LogP contribution in [0.2, 0.25) is 0 Å². The summed E-state index contributed by atoms with van der Waals surface area (Å²) >= 11 is 0. The Labute approximate surface area is 80.8 Å². The van der Waals surface area contributed by atoms with Crippen LogP contribution >= 0.6 is 0 Å². The molecule has 78 valence electrons. The van der Waals surface area contributed by atoms with Gasteiger partial charge in [-0.1, -0.05) is 6.92 Å². The SMILES string of the molecule is COCC(C)CNC1CCCOC1. The Morgan fingerprint density at radius 2 is 2.46 bits per heavy atom. The second-order valence-electron chi connectivity index (χ2n) is 3.88. The first-order chi connectivity index (χ1) is 6.33. The second kappa shape index (κ2) is 6.35. The van der Waals surface area contributed by atoms with Gasteiger partial charge < -0.3 is 14.8 Å². The zero-order valence-electron chi connectivity index (χ0n) is 8.71. The van der Waals surface area contributed by atoms with Crippen LogP contribution in [-0.2, 0) is 9.47 Å². The third kappa shape index (κ3) is 4.60. The van der Waals surface area contributed by atoms with E-state index in [-0.39, 0.29) is 0 Å². The van der Waals surface area contributed by atoms with Gasteiger partial charge in [0, 0.05) is 32.9 Å². The number of hydrogen-bond donors (Lipinski definition) is 1. The molecule has 3 nitrogen and oxygen atoms in total. The van der Waals surface area contributed by atoms with E-state index in [2.05, 4.69) is 12.2 Å². The summed E-state index contributed by atoms with van der Waals surface area (Å²) in [6.07, 6.45) is 2.44. The first-order valence-corrected chi connectivity index (χ1v) is 5.13. The summed E-state index contributed by atoms with van der Waals surface area (Å²) in [6.45, 7) is 5.87. The van der Waals surface area contributed by atoms with Crippen LogP contribution in [0.4, 0.5) is 0 Å². The molecule has 1 rings (SSSR count). The van der Waals surface area contributed by atoms with Crippen LogP contribution in [0, 0.1) is 5.92 Å². The van der Waals surface area contributed by atoms with E-state index >= 15 is 0 Å². The van der Waals surface area contributed by atoms with E-state index in [1.54, 1.807) is 7.11 Å². The minimum atomic E-state index is 0.563. The molecule has 0 saturated carbocycles. The number of nitrogens with one attached hydrogen (secondary N) is 1. The Morgan fingerprint density at radius 1 is 1.62 bits per heavy atom. The molecule has 0 aromatic carbocycles. The van der Waals surface area contributed by atoms with Crippen molar-refractivity contribution in [2.45, 2.75) is 25.8 Å². The Bertz CT molecular complexity index is 124. The quantitative estimate of drug-likeness (QED) is 0.697. The highest BCUT2D eigenvalue weighted by Crippen LogP contribution is 2.06. The monoisotopic (exact) mass is 187 g/mol. The fourth-order valence-electron chi connectivity index (χ4n) is 1.61. The van der Waals surface area contributed by atoms with Gasteiger partial charge in [-0.15, -0.1) is 0 Å². The Morgan fingerprint density at radius 3 is 3.08 bits per heavy atom. The third-order valence-corrected chi connectivity index (χ3v) is 2.37. The van der Waals surface area contributed by atoms with E-state index in [0.717, 1.165) is 26.4 Å². The van der Waals surface area contributed by atoms with Crippen molar-refractivity contribution in [2.24, 2.45) is 5.92 Å². The molecule has 1 aliphatic heterocycles. The molecule has 0 aromatic heterocycles. The van der Waals surface area contributed by atoms with Gasteiger partial charge in [-0.25, -0.2) is 0 Å². The lowest BCUT2D eigenvalue weighted by Gasteiger charge is -2.24. The predicted octanol–water partition coefficient (Wildman–Crippen LogP) is 1.04. The molecule has 0 bridgehead atoms. The summed E-state index contributed by atoms with van der Waals surface area (Å²) in [6, 6.07) is 0.563.